The van der Waals surface area contributed by atoms with Crippen LogP contribution in [0, 0.1) is 0 Å². The molecule has 4 nitrogen and oxygen atoms in total. The second-order valence-electron chi connectivity index (χ2n) is 5.29. The molecule has 0 fully saturated rings. The maximum atomic E-state index is 12.1. The van der Waals surface area contributed by atoms with Crippen molar-refractivity contribution in [3.8, 4) is 5.75 Å². The minimum absolute atomic E-state index is 0.0720. The fourth-order valence-corrected chi connectivity index (χ4v) is 2.68. The number of hydrogen-bond acceptors (Lipinski definition) is 4. The second-order valence-corrected chi connectivity index (χ2v) is 6.28. The number of anilines is 1. The van der Waals surface area contributed by atoms with E-state index in [0.29, 0.717) is 12.2 Å². The quantitative estimate of drug-likeness (QED) is 0.849. The molecule has 1 aromatic carbocycles. The largest absolute Gasteiger partial charge is 0.492 e. The first-order valence-corrected chi connectivity index (χ1v) is 8.23. The van der Waals surface area contributed by atoms with Gasteiger partial charge in [-0.05, 0) is 50.8 Å². The van der Waals surface area contributed by atoms with Crippen molar-refractivity contribution in [2.75, 3.05) is 32.6 Å². The SMILES string of the molecule is CCc1cc(C(=O)Nc2ccc(OCCN(C)C)cc2)cs1. The average Bonchev–Trinajstić information content (AvgIpc) is 2.98. The van der Waals surface area contributed by atoms with Crippen LogP contribution in [0.25, 0.3) is 0 Å². The van der Waals surface area contributed by atoms with E-state index in [9.17, 15) is 4.79 Å². The molecule has 0 radical (unpaired) electrons. The van der Waals surface area contributed by atoms with E-state index >= 15 is 0 Å². The standard InChI is InChI=1S/C17H22N2O2S/c1-4-16-11-13(12-22-16)17(20)18-14-5-7-15(8-6-14)21-10-9-19(2)3/h5-8,11-12H,4,9-10H2,1-3H3,(H,18,20). The number of nitrogens with zero attached hydrogens (tertiary/aromatic N) is 1. The number of benzene rings is 1. The van der Waals surface area contributed by atoms with E-state index in [4.69, 9.17) is 4.74 Å². The summed E-state index contributed by atoms with van der Waals surface area (Å²) in [4.78, 5) is 15.4. The molecule has 0 aliphatic rings. The van der Waals surface area contributed by atoms with Crippen molar-refractivity contribution in [1.29, 1.82) is 0 Å². The van der Waals surface area contributed by atoms with E-state index in [1.807, 2.05) is 49.8 Å². The number of rotatable bonds is 7. The lowest BCUT2D eigenvalue weighted by Gasteiger charge is -2.11. The van der Waals surface area contributed by atoms with Crippen LogP contribution < -0.4 is 10.1 Å². The molecule has 1 heterocycles. The zero-order chi connectivity index (χ0) is 15.9. The van der Waals surface area contributed by atoms with Crippen molar-refractivity contribution < 1.29 is 9.53 Å². The predicted molar refractivity (Wildman–Crippen MR) is 92.1 cm³/mol. The molecule has 0 atom stereocenters. The Bertz CT molecular complexity index is 605. The molecule has 0 unspecified atom stereocenters. The van der Waals surface area contributed by atoms with Gasteiger partial charge in [0.05, 0.1) is 5.56 Å². The molecule has 0 aliphatic carbocycles. The van der Waals surface area contributed by atoms with E-state index < -0.39 is 0 Å². The minimum Gasteiger partial charge on any atom is -0.492 e. The van der Waals surface area contributed by atoms with E-state index in [0.717, 1.165) is 24.4 Å². The summed E-state index contributed by atoms with van der Waals surface area (Å²) in [6.45, 7) is 3.60. The van der Waals surface area contributed by atoms with Crippen LogP contribution in [0.2, 0.25) is 0 Å². The number of thiophene rings is 1. The van der Waals surface area contributed by atoms with E-state index in [-0.39, 0.29) is 5.91 Å². The van der Waals surface area contributed by atoms with Gasteiger partial charge in [0, 0.05) is 22.5 Å². The highest BCUT2D eigenvalue weighted by Gasteiger charge is 2.08. The lowest BCUT2D eigenvalue weighted by Crippen LogP contribution is -2.19. The molecular formula is C17H22N2O2S. The number of carbonyl (C=O) groups is 1. The number of nitrogens with one attached hydrogen (secondary N) is 1. The Morgan fingerprint density at radius 3 is 2.59 bits per heavy atom. The number of ether oxygens (including phenoxy) is 1. The van der Waals surface area contributed by atoms with Gasteiger partial charge in [-0.2, -0.15) is 0 Å². The Kier molecular flexibility index (Phi) is 5.98. The van der Waals surface area contributed by atoms with Gasteiger partial charge in [-0.1, -0.05) is 6.92 Å². The van der Waals surface area contributed by atoms with Crippen LogP contribution in [0.4, 0.5) is 5.69 Å². The molecule has 0 saturated heterocycles. The number of likely N-dealkylation sites (N-methyl/N-ethyl adjacent to an activating group) is 1. The Hall–Kier alpha value is -1.85. The van der Waals surface area contributed by atoms with Crippen molar-refractivity contribution in [3.63, 3.8) is 0 Å². The molecule has 5 heteroatoms. The maximum absolute atomic E-state index is 12.1. The van der Waals surface area contributed by atoms with Crippen molar-refractivity contribution >= 4 is 22.9 Å². The molecule has 0 spiro atoms. The van der Waals surface area contributed by atoms with Gasteiger partial charge in [0.15, 0.2) is 0 Å². The smallest absolute Gasteiger partial charge is 0.256 e. The van der Waals surface area contributed by atoms with Gasteiger partial charge in [-0.15, -0.1) is 11.3 Å². The lowest BCUT2D eigenvalue weighted by molar-refractivity contribution is 0.102. The van der Waals surface area contributed by atoms with E-state index in [2.05, 4.69) is 17.1 Å². The maximum Gasteiger partial charge on any atom is 0.256 e. The summed E-state index contributed by atoms with van der Waals surface area (Å²) in [5.41, 5.74) is 1.49. The van der Waals surface area contributed by atoms with Gasteiger partial charge in [-0.25, -0.2) is 0 Å². The fraction of sp³-hybridized carbons (Fsp3) is 0.353. The third-order valence-corrected chi connectivity index (χ3v) is 4.26. The molecule has 2 aromatic rings. The fourth-order valence-electron chi connectivity index (χ4n) is 1.87. The molecule has 0 bridgehead atoms. The van der Waals surface area contributed by atoms with Crippen molar-refractivity contribution in [1.82, 2.24) is 4.90 Å². The summed E-state index contributed by atoms with van der Waals surface area (Å²) in [5, 5.41) is 4.80. The zero-order valence-corrected chi connectivity index (χ0v) is 14.1. The highest BCUT2D eigenvalue weighted by atomic mass is 32.1. The first-order chi connectivity index (χ1) is 10.6. The summed E-state index contributed by atoms with van der Waals surface area (Å²) < 4.78 is 5.63. The monoisotopic (exact) mass is 318 g/mol. The third kappa shape index (κ3) is 4.86. The molecule has 22 heavy (non-hydrogen) atoms. The van der Waals surface area contributed by atoms with Gasteiger partial charge in [0.25, 0.3) is 5.91 Å². The second kappa shape index (κ2) is 7.96. The summed E-state index contributed by atoms with van der Waals surface area (Å²) >= 11 is 1.62. The molecule has 1 aromatic heterocycles. The molecule has 2 rings (SSSR count). The molecule has 1 amide bonds. The Labute approximate surface area is 135 Å². The summed E-state index contributed by atoms with van der Waals surface area (Å²) in [6.07, 6.45) is 0.955. The summed E-state index contributed by atoms with van der Waals surface area (Å²) in [5.74, 6) is 0.737. The van der Waals surface area contributed by atoms with Gasteiger partial charge in [0.2, 0.25) is 0 Å². The van der Waals surface area contributed by atoms with Crippen LogP contribution in [0.15, 0.2) is 35.7 Å². The van der Waals surface area contributed by atoms with E-state index in [1.54, 1.807) is 11.3 Å². The normalized spacial score (nSPS) is 10.7. The Balaban J connectivity index is 1.89. The van der Waals surface area contributed by atoms with Crippen LogP contribution in [0.3, 0.4) is 0 Å². The lowest BCUT2D eigenvalue weighted by atomic mass is 10.2. The van der Waals surface area contributed by atoms with Crippen LogP contribution in [0.1, 0.15) is 22.2 Å². The number of carbonyl (C=O) groups excluding carboxylic acids is 1. The van der Waals surface area contributed by atoms with Crippen molar-refractivity contribution in [3.05, 3.63) is 46.2 Å². The van der Waals surface area contributed by atoms with Crippen LogP contribution in [0.5, 0.6) is 5.75 Å². The van der Waals surface area contributed by atoms with Gasteiger partial charge in [-0.3, -0.25) is 4.79 Å². The first-order valence-electron chi connectivity index (χ1n) is 7.35. The van der Waals surface area contributed by atoms with Crippen LogP contribution in [-0.4, -0.2) is 38.1 Å². The molecule has 0 saturated carbocycles. The van der Waals surface area contributed by atoms with Crippen molar-refractivity contribution in [2.24, 2.45) is 0 Å². The number of amides is 1. The van der Waals surface area contributed by atoms with Gasteiger partial charge in [0.1, 0.15) is 12.4 Å². The Morgan fingerprint density at radius 2 is 2.00 bits per heavy atom. The first kappa shape index (κ1) is 16.5. The van der Waals surface area contributed by atoms with E-state index in [1.165, 1.54) is 4.88 Å². The van der Waals surface area contributed by atoms with Crippen molar-refractivity contribution in [2.45, 2.75) is 13.3 Å². The molecule has 1 N–H and O–H groups in total. The number of aryl methyl sites for hydroxylation is 1. The summed E-state index contributed by atoms with van der Waals surface area (Å²) in [7, 11) is 4.02. The third-order valence-electron chi connectivity index (χ3n) is 3.18. The van der Waals surface area contributed by atoms with Crippen LogP contribution >= 0.6 is 11.3 Å². The van der Waals surface area contributed by atoms with Gasteiger partial charge < -0.3 is 15.0 Å². The number of hydrogen-bond donors (Lipinski definition) is 1. The van der Waals surface area contributed by atoms with Crippen LogP contribution in [-0.2, 0) is 6.42 Å². The van der Waals surface area contributed by atoms with Gasteiger partial charge >= 0.3 is 0 Å². The molecular weight excluding hydrogens is 296 g/mol. The topological polar surface area (TPSA) is 41.6 Å². The summed E-state index contributed by atoms with van der Waals surface area (Å²) in [6, 6.07) is 9.40. The average molecular weight is 318 g/mol. The zero-order valence-electron chi connectivity index (χ0n) is 13.3. The highest BCUT2D eigenvalue weighted by molar-refractivity contribution is 7.10. The molecule has 0 aliphatic heterocycles. The molecule has 118 valence electrons. The highest BCUT2D eigenvalue weighted by Crippen LogP contribution is 2.19. The predicted octanol–water partition coefficient (Wildman–Crippen LogP) is 3.50. The minimum atomic E-state index is -0.0720. The Morgan fingerprint density at radius 1 is 1.27 bits per heavy atom.